The highest BCUT2D eigenvalue weighted by atomic mass is 35.5. The van der Waals surface area contributed by atoms with Crippen molar-refractivity contribution in [3.05, 3.63) is 24.3 Å². The first-order valence-corrected chi connectivity index (χ1v) is 7.26. The van der Waals surface area contributed by atoms with Crippen LogP contribution in [0.25, 0.3) is 0 Å². The highest BCUT2D eigenvalue weighted by Crippen LogP contribution is 2.25. The second-order valence-corrected chi connectivity index (χ2v) is 6.53. The maximum atomic E-state index is 12.1. The van der Waals surface area contributed by atoms with E-state index in [0.717, 1.165) is 18.7 Å². The van der Waals surface area contributed by atoms with Crippen LogP contribution in [0.3, 0.4) is 0 Å². The van der Waals surface area contributed by atoms with Crippen LogP contribution in [0.4, 0.5) is 11.4 Å². The number of carbonyl (C=O) groups is 2. The molecule has 0 aromatic heterocycles. The largest absolute Gasteiger partial charge is 0.325 e. The van der Waals surface area contributed by atoms with Gasteiger partial charge in [0.15, 0.2) is 0 Å². The van der Waals surface area contributed by atoms with Crippen molar-refractivity contribution in [2.45, 2.75) is 39.7 Å². The lowest BCUT2D eigenvalue weighted by molar-refractivity contribution is -0.119. The van der Waals surface area contributed by atoms with Crippen molar-refractivity contribution in [1.82, 2.24) is 0 Å². The van der Waals surface area contributed by atoms with Gasteiger partial charge in [-0.15, -0.1) is 12.4 Å². The van der Waals surface area contributed by atoms with Gasteiger partial charge < -0.3 is 16.0 Å². The molecule has 0 spiro atoms. The molecule has 122 valence electrons. The van der Waals surface area contributed by atoms with Crippen molar-refractivity contribution in [3.8, 4) is 0 Å². The lowest BCUT2D eigenvalue weighted by atomic mass is 9.87. The van der Waals surface area contributed by atoms with Crippen LogP contribution >= 0.6 is 12.4 Å². The smallest absolute Gasteiger partial charge is 0.241 e. The van der Waals surface area contributed by atoms with Gasteiger partial charge in [0.1, 0.15) is 0 Å². The number of benzene rings is 1. The van der Waals surface area contributed by atoms with E-state index in [1.165, 1.54) is 0 Å². The molecule has 1 aliphatic heterocycles. The number of nitrogens with one attached hydrogen (secondary N) is 1. The highest BCUT2D eigenvalue weighted by molar-refractivity contribution is 5.98. The van der Waals surface area contributed by atoms with E-state index in [0.29, 0.717) is 12.1 Å². The zero-order valence-corrected chi connectivity index (χ0v) is 14.1. The Balaban J connectivity index is 0.00000242. The molecular weight excluding hydrogens is 302 g/mol. The van der Waals surface area contributed by atoms with Gasteiger partial charge in [0.25, 0.3) is 0 Å². The predicted octanol–water partition coefficient (Wildman–Crippen LogP) is 2.55. The second-order valence-electron chi connectivity index (χ2n) is 6.53. The summed E-state index contributed by atoms with van der Waals surface area (Å²) in [4.78, 5) is 25.7. The lowest BCUT2D eigenvalue weighted by Crippen LogP contribution is -2.45. The molecule has 1 aliphatic rings. The molecule has 0 unspecified atom stereocenters. The van der Waals surface area contributed by atoms with Gasteiger partial charge in [0.2, 0.25) is 11.8 Å². The van der Waals surface area contributed by atoms with Gasteiger partial charge in [-0.25, -0.2) is 0 Å². The first-order valence-electron chi connectivity index (χ1n) is 7.26. The number of anilines is 2. The summed E-state index contributed by atoms with van der Waals surface area (Å²) < 4.78 is 0. The van der Waals surface area contributed by atoms with Crippen molar-refractivity contribution in [2.24, 2.45) is 11.1 Å². The number of hydrogen-bond acceptors (Lipinski definition) is 3. The Kier molecular flexibility index (Phi) is 5.97. The number of nitrogens with zero attached hydrogens (tertiary/aromatic N) is 1. The molecule has 1 atom stereocenters. The molecule has 22 heavy (non-hydrogen) atoms. The van der Waals surface area contributed by atoms with E-state index in [2.05, 4.69) is 5.32 Å². The molecule has 2 rings (SSSR count). The minimum atomic E-state index is -0.588. The zero-order valence-electron chi connectivity index (χ0n) is 13.3. The number of amides is 2. The average Bonchev–Trinajstić information content (AvgIpc) is 2.83. The third-order valence-corrected chi connectivity index (χ3v) is 3.71. The quantitative estimate of drug-likeness (QED) is 0.896. The Morgan fingerprint density at radius 3 is 2.59 bits per heavy atom. The van der Waals surface area contributed by atoms with Crippen molar-refractivity contribution in [2.75, 3.05) is 16.8 Å². The van der Waals surface area contributed by atoms with E-state index in [9.17, 15) is 9.59 Å². The first kappa shape index (κ1) is 18.5. The van der Waals surface area contributed by atoms with E-state index in [-0.39, 0.29) is 29.6 Å². The summed E-state index contributed by atoms with van der Waals surface area (Å²) >= 11 is 0. The minimum Gasteiger partial charge on any atom is -0.325 e. The predicted molar refractivity (Wildman–Crippen MR) is 91.3 cm³/mol. The van der Waals surface area contributed by atoms with Gasteiger partial charge in [-0.05, 0) is 30.0 Å². The maximum Gasteiger partial charge on any atom is 0.241 e. The Hall–Kier alpha value is -1.59. The molecule has 1 fully saturated rings. The van der Waals surface area contributed by atoms with E-state index in [4.69, 9.17) is 5.73 Å². The van der Waals surface area contributed by atoms with Gasteiger partial charge in [-0.2, -0.15) is 0 Å². The van der Waals surface area contributed by atoms with E-state index >= 15 is 0 Å². The summed E-state index contributed by atoms with van der Waals surface area (Å²) in [5.41, 5.74) is 7.13. The van der Waals surface area contributed by atoms with E-state index < -0.39 is 6.04 Å². The number of halogens is 1. The van der Waals surface area contributed by atoms with Crippen molar-refractivity contribution in [3.63, 3.8) is 0 Å². The van der Waals surface area contributed by atoms with Gasteiger partial charge in [-0.3, -0.25) is 9.59 Å². The average molecular weight is 326 g/mol. The van der Waals surface area contributed by atoms with Crippen LogP contribution in [-0.2, 0) is 9.59 Å². The highest BCUT2D eigenvalue weighted by Gasteiger charge is 2.27. The van der Waals surface area contributed by atoms with Crippen molar-refractivity contribution < 1.29 is 9.59 Å². The number of nitrogens with two attached hydrogens (primary N) is 1. The molecule has 3 N–H and O–H groups in total. The monoisotopic (exact) mass is 325 g/mol. The molecule has 5 nitrogen and oxygen atoms in total. The zero-order chi connectivity index (χ0) is 15.6. The molecule has 0 saturated carbocycles. The van der Waals surface area contributed by atoms with Crippen LogP contribution in [-0.4, -0.2) is 24.4 Å². The second kappa shape index (κ2) is 7.11. The van der Waals surface area contributed by atoms with Crippen molar-refractivity contribution in [1.29, 1.82) is 0 Å². The van der Waals surface area contributed by atoms with Gasteiger partial charge in [0, 0.05) is 24.3 Å². The van der Waals surface area contributed by atoms with E-state index in [1.54, 1.807) is 11.0 Å². The third-order valence-electron chi connectivity index (χ3n) is 3.71. The summed E-state index contributed by atoms with van der Waals surface area (Å²) in [6.07, 6.45) is 1.47. The summed E-state index contributed by atoms with van der Waals surface area (Å²) in [5, 5.41) is 2.83. The number of hydrogen-bond donors (Lipinski definition) is 2. The minimum absolute atomic E-state index is 0. The Bertz CT molecular complexity index is 555. The number of rotatable bonds is 3. The number of carbonyl (C=O) groups excluding carboxylic acids is 2. The summed E-state index contributed by atoms with van der Waals surface area (Å²) in [7, 11) is 0. The first-order chi connectivity index (χ1) is 9.79. The lowest BCUT2D eigenvalue weighted by Gasteiger charge is -2.26. The molecule has 1 aromatic carbocycles. The molecular formula is C16H24ClN3O2. The fourth-order valence-electron chi connectivity index (χ4n) is 2.29. The maximum absolute atomic E-state index is 12.1. The standard InChI is InChI=1S/C16H23N3O2.ClH/c1-16(2,3)14(17)15(21)18-11-6-4-7-12(10-11)19-9-5-8-13(19)20;/h4,6-7,10,14H,5,8-9,17H2,1-3H3,(H,18,21);1H/t14-;/m1./s1. The third kappa shape index (κ3) is 4.21. The summed E-state index contributed by atoms with van der Waals surface area (Å²) in [6.45, 7) is 6.52. The van der Waals surface area contributed by atoms with Crippen molar-refractivity contribution >= 4 is 35.6 Å². The van der Waals surface area contributed by atoms with Gasteiger partial charge in [-0.1, -0.05) is 26.8 Å². The molecule has 1 heterocycles. The van der Waals surface area contributed by atoms with Crippen LogP contribution in [0.15, 0.2) is 24.3 Å². The molecule has 1 saturated heterocycles. The van der Waals surface area contributed by atoms with Crippen LogP contribution in [0.1, 0.15) is 33.6 Å². The molecule has 0 radical (unpaired) electrons. The fraction of sp³-hybridized carbons (Fsp3) is 0.500. The van der Waals surface area contributed by atoms with Gasteiger partial charge in [0.05, 0.1) is 6.04 Å². The topological polar surface area (TPSA) is 75.4 Å². The Morgan fingerprint density at radius 1 is 1.36 bits per heavy atom. The van der Waals surface area contributed by atoms with E-state index in [1.807, 2.05) is 39.0 Å². The molecule has 2 amide bonds. The molecule has 1 aromatic rings. The molecule has 0 aliphatic carbocycles. The van der Waals surface area contributed by atoms with Crippen LogP contribution in [0, 0.1) is 5.41 Å². The normalized spacial score (nSPS) is 16.2. The van der Waals surface area contributed by atoms with Gasteiger partial charge >= 0.3 is 0 Å². The fourth-order valence-corrected chi connectivity index (χ4v) is 2.29. The summed E-state index contributed by atoms with van der Waals surface area (Å²) in [6, 6.07) is 6.74. The van der Waals surface area contributed by atoms with Crippen LogP contribution in [0.2, 0.25) is 0 Å². The molecule has 6 heteroatoms. The summed E-state index contributed by atoms with van der Waals surface area (Å²) in [5.74, 6) is -0.0859. The van der Waals surface area contributed by atoms with Crippen LogP contribution in [0.5, 0.6) is 0 Å². The SMILES string of the molecule is CC(C)(C)[C@H](N)C(=O)Nc1cccc(N2CCCC2=O)c1.Cl. The Morgan fingerprint density at radius 2 is 2.05 bits per heavy atom. The molecule has 0 bridgehead atoms. The van der Waals surface area contributed by atoms with Crippen LogP contribution < -0.4 is 16.0 Å². The Labute approximate surface area is 137 Å².